The van der Waals surface area contributed by atoms with Gasteiger partial charge < -0.3 is 4.90 Å². The molecule has 0 aliphatic carbocycles. The van der Waals surface area contributed by atoms with E-state index in [0.717, 1.165) is 22.6 Å². The molecular formula is C40H41N. The fourth-order valence-electron chi connectivity index (χ4n) is 4.87. The van der Waals surface area contributed by atoms with E-state index >= 15 is 0 Å². The zero-order chi connectivity index (χ0) is 29.4. The summed E-state index contributed by atoms with van der Waals surface area (Å²) >= 11 is 0. The van der Waals surface area contributed by atoms with Gasteiger partial charge in [0.15, 0.2) is 0 Å². The predicted molar refractivity (Wildman–Crippen MR) is 181 cm³/mol. The summed E-state index contributed by atoms with van der Waals surface area (Å²) in [5.41, 5.74) is 12.1. The largest absolute Gasteiger partial charge is 0.310 e. The topological polar surface area (TPSA) is 3.24 Å². The van der Waals surface area contributed by atoms with Crippen LogP contribution in [-0.2, 0) is 0 Å². The monoisotopic (exact) mass is 535 g/mol. The van der Waals surface area contributed by atoms with E-state index in [4.69, 9.17) is 0 Å². The second kappa shape index (κ2) is 13.6. The van der Waals surface area contributed by atoms with Crippen LogP contribution in [0.3, 0.4) is 0 Å². The molecule has 0 fully saturated rings. The Morgan fingerprint density at radius 2 is 1.15 bits per heavy atom. The van der Waals surface area contributed by atoms with E-state index in [1.165, 1.54) is 43.9 Å². The molecule has 41 heavy (non-hydrogen) atoms. The number of para-hydroxylation sites is 2. The highest BCUT2D eigenvalue weighted by Crippen LogP contribution is 2.33. The molecule has 0 amide bonds. The fourth-order valence-corrected chi connectivity index (χ4v) is 4.87. The van der Waals surface area contributed by atoms with Crippen LogP contribution in [0.1, 0.15) is 45.7 Å². The summed E-state index contributed by atoms with van der Waals surface area (Å²) < 4.78 is 0. The molecule has 0 atom stereocenters. The van der Waals surface area contributed by atoms with Gasteiger partial charge in [-0.25, -0.2) is 0 Å². The van der Waals surface area contributed by atoms with E-state index < -0.39 is 0 Å². The van der Waals surface area contributed by atoms with Crippen molar-refractivity contribution in [3.63, 3.8) is 0 Å². The third-order valence-electron chi connectivity index (χ3n) is 7.76. The summed E-state index contributed by atoms with van der Waals surface area (Å²) in [4.78, 5) is 2.33. The smallest absolute Gasteiger partial charge is 0.0468 e. The molecule has 0 N–H and O–H groups in total. The molecular weight excluding hydrogens is 494 g/mol. The molecule has 4 rings (SSSR count). The number of benzene rings is 4. The minimum absolute atomic E-state index is 1.12. The van der Waals surface area contributed by atoms with E-state index in [-0.39, 0.29) is 0 Å². The lowest BCUT2D eigenvalue weighted by Crippen LogP contribution is -2.30. The molecule has 0 bridgehead atoms. The standard InChI is InChI=1S/C40H41N/c1-8-29(2)23-24-30(3)33(6)40-28-38(41(36-19-11-9-12-20-36)37-21-13-10-14-22-37)25-26-39(40)34(7)32(5)27-35-18-16-15-17-31(35)4/h8-28H,1H2,2-7H3. The molecule has 0 saturated heterocycles. The van der Waals surface area contributed by atoms with Gasteiger partial charge >= 0.3 is 0 Å². The van der Waals surface area contributed by atoms with E-state index in [0.29, 0.717) is 0 Å². The number of hydrogen-bond acceptors (Lipinski definition) is 1. The molecule has 0 aliphatic heterocycles. The minimum atomic E-state index is 1.12. The lowest BCUT2D eigenvalue weighted by molar-refractivity contribution is 1.26. The van der Waals surface area contributed by atoms with Crippen LogP contribution in [0.25, 0.3) is 17.2 Å². The average Bonchev–Trinajstić information content (AvgIpc) is 3.01. The molecule has 0 spiro atoms. The first kappa shape index (κ1) is 29.4. The highest BCUT2D eigenvalue weighted by Gasteiger charge is 2.13. The third-order valence-corrected chi connectivity index (χ3v) is 7.76. The van der Waals surface area contributed by atoms with Gasteiger partial charge in [-0.15, -0.1) is 0 Å². The molecule has 1 nitrogen and oxygen atoms in total. The number of anilines is 3. The SMILES string of the molecule is C=CC(C)=CC=C(C)C(C)=c1cc(N(c2ccccc2)c2ccccc2)ccc1=C(C)C(C)=Cc1ccccc1C. The van der Waals surface area contributed by atoms with Crippen LogP contribution in [0, 0.1) is 6.92 Å². The average molecular weight is 536 g/mol. The molecule has 0 aliphatic rings. The number of allylic oxidation sites excluding steroid dienone is 6. The Hall–Kier alpha value is -4.62. The zero-order valence-corrected chi connectivity index (χ0v) is 25.3. The van der Waals surface area contributed by atoms with Gasteiger partial charge in [-0.3, -0.25) is 0 Å². The molecule has 0 unspecified atom stereocenters. The van der Waals surface area contributed by atoms with Crippen molar-refractivity contribution in [1.29, 1.82) is 0 Å². The van der Waals surface area contributed by atoms with Crippen molar-refractivity contribution >= 4 is 34.3 Å². The Morgan fingerprint density at radius 3 is 1.73 bits per heavy atom. The molecule has 4 aromatic carbocycles. The van der Waals surface area contributed by atoms with Crippen LogP contribution >= 0.6 is 0 Å². The van der Waals surface area contributed by atoms with Crippen LogP contribution in [-0.4, -0.2) is 0 Å². The summed E-state index contributed by atoms with van der Waals surface area (Å²) in [6.07, 6.45) is 8.52. The van der Waals surface area contributed by atoms with Crippen molar-refractivity contribution in [3.8, 4) is 0 Å². The van der Waals surface area contributed by atoms with Crippen molar-refractivity contribution in [2.24, 2.45) is 0 Å². The summed E-state index contributed by atoms with van der Waals surface area (Å²) in [7, 11) is 0. The van der Waals surface area contributed by atoms with Crippen molar-refractivity contribution < 1.29 is 0 Å². The van der Waals surface area contributed by atoms with Crippen molar-refractivity contribution in [3.05, 3.63) is 166 Å². The molecule has 0 saturated carbocycles. The lowest BCUT2D eigenvalue weighted by Gasteiger charge is -2.25. The van der Waals surface area contributed by atoms with E-state index in [1.807, 2.05) is 6.08 Å². The Labute approximate surface area is 246 Å². The van der Waals surface area contributed by atoms with Crippen LogP contribution in [0.2, 0.25) is 0 Å². The second-order valence-electron chi connectivity index (χ2n) is 10.6. The van der Waals surface area contributed by atoms with Gasteiger partial charge in [-0.2, -0.15) is 0 Å². The number of rotatable bonds is 8. The Balaban J connectivity index is 2.02. The van der Waals surface area contributed by atoms with Gasteiger partial charge in [0, 0.05) is 17.1 Å². The Kier molecular flexibility index (Phi) is 9.77. The van der Waals surface area contributed by atoms with Crippen LogP contribution in [0.4, 0.5) is 17.1 Å². The molecule has 4 aromatic rings. The summed E-state index contributed by atoms with van der Waals surface area (Å²) in [5, 5.41) is 2.47. The quantitative estimate of drug-likeness (QED) is 0.203. The van der Waals surface area contributed by atoms with E-state index in [9.17, 15) is 0 Å². The maximum Gasteiger partial charge on any atom is 0.0468 e. The van der Waals surface area contributed by atoms with Gasteiger partial charge in [-0.05, 0) is 122 Å². The normalized spacial score (nSPS) is 14.0. The highest BCUT2D eigenvalue weighted by molar-refractivity contribution is 5.79. The van der Waals surface area contributed by atoms with Gasteiger partial charge in [0.25, 0.3) is 0 Å². The minimum Gasteiger partial charge on any atom is -0.310 e. The van der Waals surface area contributed by atoms with Gasteiger partial charge in [0.05, 0.1) is 0 Å². The maximum atomic E-state index is 3.91. The highest BCUT2D eigenvalue weighted by atomic mass is 15.1. The Morgan fingerprint density at radius 1 is 0.585 bits per heavy atom. The van der Waals surface area contributed by atoms with Crippen molar-refractivity contribution in [2.45, 2.75) is 41.5 Å². The molecule has 0 radical (unpaired) electrons. The third kappa shape index (κ3) is 7.13. The summed E-state index contributed by atoms with van der Waals surface area (Å²) in [6.45, 7) is 17.0. The van der Waals surface area contributed by atoms with E-state index in [1.54, 1.807) is 0 Å². The van der Waals surface area contributed by atoms with Gasteiger partial charge in [0.1, 0.15) is 0 Å². The van der Waals surface area contributed by atoms with E-state index in [2.05, 4.69) is 174 Å². The maximum absolute atomic E-state index is 3.91. The number of hydrogen-bond donors (Lipinski definition) is 0. The van der Waals surface area contributed by atoms with Crippen LogP contribution < -0.4 is 15.3 Å². The zero-order valence-electron chi connectivity index (χ0n) is 25.3. The predicted octanol–water partition coefficient (Wildman–Crippen LogP) is 9.99. The molecule has 0 heterocycles. The van der Waals surface area contributed by atoms with Crippen LogP contribution in [0.15, 0.2) is 145 Å². The lowest BCUT2D eigenvalue weighted by atomic mass is 9.97. The summed E-state index contributed by atoms with van der Waals surface area (Å²) in [5.74, 6) is 0. The Bertz CT molecular complexity index is 1690. The van der Waals surface area contributed by atoms with Gasteiger partial charge in [-0.1, -0.05) is 103 Å². The number of nitrogens with zero attached hydrogens (tertiary/aromatic N) is 1. The molecule has 206 valence electrons. The first-order valence-electron chi connectivity index (χ1n) is 14.2. The van der Waals surface area contributed by atoms with Gasteiger partial charge in [0.2, 0.25) is 0 Å². The number of aryl methyl sites for hydroxylation is 1. The first-order chi connectivity index (χ1) is 19.8. The molecule has 1 heteroatoms. The fraction of sp³-hybridized carbons (Fsp3) is 0.150. The van der Waals surface area contributed by atoms with Crippen molar-refractivity contribution in [2.75, 3.05) is 4.90 Å². The van der Waals surface area contributed by atoms with Crippen LogP contribution in [0.5, 0.6) is 0 Å². The van der Waals surface area contributed by atoms with Crippen molar-refractivity contribution in [1.82, 2.24) is 0 Å². The molecule has 0 aromatic heterocycles. The summed E-state index contributed by atoms with van der Waals surface area (Å²) in [6, 6.07) is 36.6. The second-order valence-corrected chi connectivity index (χ2v) is 10.6. The first-order valence-corrected chi connectivity index (χ1v) is 14.2.